The number of aryl methyl sites for hydroxylation is 1. The molecule has 3 heteroatoms. The van der Waals surface area contributed by atoms with Gasteiger partial charge in [0.05, 0.1) is 5.39 Å². The summed E-state index contributed by atoms with van der Waals surface area (Å²) in [5, 5.41) is 0.684. The van der Waals surface area contributed by atoms with E-state index >= 15 is 0 Å². The monoisotopic (exact) mass is 236 g/mol. The van der Waals surface area contributed by atoms with Crippen molar-refractivity contribution in [3.63, 3.8) is 0 Å². The van der Waals surface area contributed by atoms with E-state index in [1.54, 1.807) is 18.5 Å². The van der Waals surface area contributed by atoms with Crippen LogP contribution in [-0.2, 0) is 0 Å². The molecule has 3 rings (SSSR count). The fourth-order valence-corrected chi connectivity index (χ4v) is 2.12. The van der Waals surface area contributed by atoms with Gasteiger partial charge in [-0.05, 0) is 30.7 Å². The van der Waals surface area contributed by atoms with Crippen LogP contribution in [0.15, 0.2) is 59.7 Å². The Kier molecular flexibility index (Phi) is 2.45. The minimum atomic E-state index is 0.0165. The van der Waals surface area contributed by atoms with Gasteiger partial charge >= 0.3 is 0 Å². The lowest BCUT2D eigenvalue weighted by Crippen LogP contribution is -2.09. The third-order valence-electron chi connectivity index (χ3n) is 3.02. The van der Waals surface area contributed by atoms with Crippen molar-refractivity contribution in [2.45, 2.75) is 6.92 Å². The van der Waals surface area contributed by atoms with Crippen molar-refractivity contribution in [3.05, 3.63) is 70.6 Å². The maximum absolute atomic E-state index is 11.9. The average Bonchev–Trinajstić information content (AvgIpc) is 2.40. The summed E-state index contributed by atoms with van der Waals surface area (Å²) in [6.45, 7) is 1.93. The number of benzene rings is 1. The Labute approximate surface area is 104 Å². The summed E-state index contributed by atoms with van der Waals surface area (Å²) in [6.07, 6.45) is 3.50. The van der Waals surface area contributed by atoms with E-state index < -0.39 is 0 Å². The highest BCUT2D eigenvalue weighted by molar-refractivity contribution is 5.79. The van der Waals surface area contributed by atoms with Crippen LogP contribution in [0.1, 0.15) is 5.56 Å². The highest BCUT2D eigenvalue weighted by Gasteiger charge is 2.07. The van der Waals surface area contributed by atoms with Crippen LogP contribution in [0.25, 0.3) is 16.7 Å². The lowest BCUT2D eigenvalue weighted by Gasteiger charge is -2.10. The normalized spacial score (nSPS) is 10.7. The van der Waals surface area contributed by atoms with Crippen LogP contribution in [0.5, 0.6) is 0 Å². The summed E-state index contributed by atoms with van der Waals surface area (Å²) >= 11 is 0. The van der Waals surface area contributed by atoms with E-state index in [4.69, 9.17) is 0 Å². The molecular weight excluding hydrogens is 224 g/mol. The molecule has 0 amide bonds. The molecule has 0 N–H and O–H groups in total. The molecule has 0 radical (unpaired) electrons. The summed E-state index contributed by atoms with van der Waals surface area (Å²) in [7, 11) is 0. The average molecular weight is 236 g/mol. The Balaban J connectivity index is 2.43. The van der Waals surface area contributed by atoms with Gasteiger partial charge in [-0.3, -0.25) is 4.79 Å². The molecular formula is C15H12N2O. The molecule has 1 aromatic carbocycles. The van der Waals surface area contributed by atoms with Crippen LogP contribution < -0.4 is 5.43 Å². The standard InChI is InChI=1S/C15H12N2O/c1-11-7-9-16-15-14(11)13(18)8-10-17(15)12-5-3-2-4-6-12/h2-10H,1H3. The third kappa shape index (κ3) is 1.61. The summed E-state index contributed by atoms with van der Waals surface area (Å²) < 4.78 is 1.93. The molecule has 0 fully saturated rings. The van der Waals surface area contributed by atoms with Crippen molar-refractivity contribution in [1.29, 1.82) is 0 Å². The van der Waals surface area contributed by atoms with Gasteiger partial charge in [-0.2, -0.15) is 0 Å². The number of aromatic nitrogens is 2. The van der Waals surface area contributed by atoms with Crippen LogP contribution in [0.3, 0.4) is 0 Å². The fourth-order valence-electron chi connectivity index (χ4n) is 2.12. The van der Waals surface area contributed by atoms with E-state index in [0.29, 0.717) is 11.0 Å². The van der Waals surface area contributed by atoms with Gasteiger partial charge in [-0.25, -0.2) is 4.98 Å². The molecule has 2 aromatic heterocycles. The summed E-state index contributed by atoms with van der Waals surface area (Å²) in [4.78, 5) is 16.3. The number of pyridine rings is 2. The van der Waals surface area contributed by atoms with Crippen molar-refractivity contribution < 1.29 is 0 Å². The number of nitrogens with zero attached hydrogens (tertiary/aromatic N) is 2. The quantitative estimate of drug-likeness (QED) is 0.651. The first-order chi connectivity index (χ1) is 8.77. The van der Waals surface area contributed by atoms with Crippen LogP contribution >= 0.6 is 0 Å². The van der Waals surface area contributed by atoms with E-state index in [1.807, 2.05) is 47.9 Å². The third-order valence-corrected chi connectivity index (χ3v) is 3.02. The Hall–Kier alpha value is -2.42. The summed E-state index contributed by atoms with van der Waals surface area (Å²) in [5.74, 6) is 0. The summed E-state index contributed by atoms with van der Waals surface area (Å²) in [6, 6.07) is 13.3. The second kappa shape index (κ2) is 4.11. The SMILES string of the molecule is Cc1ccnc2c1c(=O)ccn2-c1ccccc1. The topological polar surface area (TPSA) is 34.9 Å². The lowest BCUT2D eigenvalue weighted by atomic mass is 10.1. The zero-order chi connectivity index (χ0) is 12.5. The van der Waals surface area contributed by atoms with E-state index in [-0.39, 0.29) is 5.43 Å². The van der Waals surface area contributed by atoms with Gasteiger partial charge in [0.1, 0.15) is 5.65 Å². The fraction of sp³-hybridized carbons (Fsp3) is 0.0667. The van der Waals surface area contributed by atoms with Crippen LogP contribution in [0.2, 0.25) is 0 Å². The highest BCUT2D eigenvalue weighted by Crippen LogP contribution is 2.16. The Bertz CT molecular complexity index is 760. The van der Waals surface area contributed by atoms with Gasteiger partial charge in [-0.1, -0.05) is 18.2 Å². The van der Waals surface area contributed by atoms with E-state index in [2.05, 4.69) is 4.98 Å². The van der Waals surface area contributed by atoms with Gasteiger partial charge in [0.2, 0.25) is 0 Å². The predicted octanol–water partition coefficient (Wildman–Crippen LogP) is 2.69. The van der Waals surface area contributed by atoms with Gasteiger partial charge < -0.3 is 4.57 Å². The smallest absolute Gasteiger partial charge is 0.191 e. The van der Waals surface area contributed by atoms with E-state index in [0.717, 1.165) is 11.3 Å². The van der Waals surface area contributed by atoms with Crippen LogP contribution in [-0.4, -0.2) is 9.55 Å². The molecule has 0 aliphatic rings. The zero-order valence-corrected chi connectivity index (χ0v) is 10.00. The van der Waals surface area contributed by atoms with Crippen molar-refractivity contribution in [2.24, 2.45) is 0 Å². The van der Waals surface area contributed by atoms with Gasteiger partial charge in [0, 0.05) is 24.1 Å². The molecule has 0 aliphatic carbocycles. The molecule has 0 bridgehead atoms. The Morgan fingerprint density at radius 1 is 1.06 bits per heavy atom. The number of rotatable bonds is 1. The number of hydrogen-bond donors (Lipinski definition) is 0. The first-order valence-electron chi connectivity index (χ1n) is 5.80. The van der Waals surface area contributed by atoms with Gasteiger partial charge in [0.25, 0.3) is 0 Å². The molecule has 3 aromatic rings. The molecule has 0 aliphatic heterocycles. The van der Waals surface area contributed by atoms with Gasteiger partial charge in [-0.15, -0.1) is 0 Å². The van der Waals surface area contributed by atoms with Gasteiger partial charge in [0.15, 0.2) is 5.43 Å². The lowest BCUT2D eigenvalue weighted by molar-refractivity contribution is 1.06. The first-order valence-corrected chi connectivity index (χ1v) is 5.80. The molecule has 0 unspecified atom stereocenters. The Morgan fingerprint density at radius 2 is 1.83 bits per heavy atom. The minimum Gasteiger partial charge on any atom is -0.301 e. The molecule has 0 saturated heterocycles. The number of fused-ring (bicyclic) bond motifs is 1. The molecule has 0 atom stereocenters. The van der Waals surface area contributed by atoms with Crippen molar-refractivity contribution in [1.82, 2.24) is 9.55 Å². The largest absolute Gasteiger partial charge is 0.301 e. The molecule has 18 heavy (non-hydrogen) atoms. The van der Waals surface area contributed by atoms with Crippen molar-refractivity contribution in [2.75, 3.05) is 0 Å². The zero-order valence-electron chi connectivity index (χ0n) is 10.00. The number of hydrogen-bond acceptors (Lipinski definition) is 2. The van der Waals surface area contributed by atoms with Crippen LogP contribution in [0, 0.1) is 6.92 Å². The second-order valence-electron chi connectivity index (χ2n) is 4.21. The van der Waals surface area contributed by atoms with Crippen molar-refractivity contribution in [3.8, 4) is 5.69 Å². The van der Waals surface area contributed by atoms with Crippen molar-refractivity contribution >= 4 is 11.0 Å². The maximum Gasteiger partial charge on any atom is 0.191 e. The Morgan fingerprint density at radius 3 is 2.61 bits per heavy atom. The molecule has 0 spiro atoms. The first kappa shape index (κ1) is 10.7. The predicted molar refractivity (Wildman–Crippen MR) is 72.1 cm³/mol. The van der Waals surface area contributed by atoms with E-state index in [1.165, 1.54) is 0 Å². The molecule has 0 saturated carbocycles. The highest BCUT2D eigenvalue weighted by atomic mass is 16.1. The van der Waals surface area contributed by atoms with E-state index in [9.17, 15) is 4.79 Å². The minimum absolute atomic E-state index is 0.0165. The molecule has 2 heterocycles. The number of para-hydroxylation sites is 1. The summed E-state index contributed by atoms with van der Waals surface area (Å²) in [5.41, 5.74) is 2.67. The maximum atomic E-state index is 11.9. The second-order valence-corrected chi connectivity index (χ2v) is 4.21. The van der Waals surface area contributed by atoms with Crippen LogP contribution in [0.4, 0.5) is 0 Å². The molecule has 88 valence electrons. The molecule has 3 nitrogen and oxygen atoms in total.